The minimum atomic E-state index is -2.68. The van der Waals surface area contributed by atoms with E-state index in [4.69, 9.17) is 14.9 Å². The maximum absolute atomic E-state index is 13.5. The summed E-state index contributed by atoms with van der Waals surface area (Å²) in [5, 5.41) is 3.28. The first kappa shape index (κ1) is 27.6. The van der Waals surface area contributed by atoms with Crippen molar-refractivity contribution in [2.24, 2.45) is 23.5 Å². The number of ether oxygens (including phenoxy) is 1. The van der Waals surface area contributed by atoms with E-state index in [0.29, 0.717) is 0 Å². The number of halogens is 1. The number of esters is 1. The van der Waals surface area contributed by atoms with Crippen LogP contribution in [0.2, 0.25) is 5.04 Å². The number of nitrogens with two attached hydrogens (primary N) is 1. The molecule has 0 amide bonds. The van der Waals surface area contributed by atoms with Crippen LogP contribution in [0.15, 0.2) is 60.7 Å². The normalized spacial score (nSPS) is 28.3. The molecule has 196 valence electrons. The Balaban J connectivity index is 1.75. The summed E-state index contributed by atoms with van der Waals surface area (Å²) < 4.78 is 13.4. The summed E-state index contributed by atoms with van der Waals surface area (Å²) in [6.07, 6.45) is 2.60. The van der Waals surface area contributed by atoms with Crippen molar-refractivity contribution in [1.82, 2.24) is 0 Å². The van der Waals surface area contributed by atoms with Gasteiger partial charge in [-0.05, 0) is 73.2 Å². The fourth-order valence-electron chi connectivity index (χ4n) is 6.81. The summed E-state index contributed by atoms with van der Waals surface area (Å²) in [5.41, 5.74) is 5.50. The zero-order chi connectivity index (χ0) is 26.4. The lowest BCUT2D eigenvalue weighted by atomic mass is 9.71. The smallest absolute Gasteiger partial charge is 0.327 e. The lowest BCUT2D eigenvalue weighted by molar-refractivity contribution is -0.167. The number of benzene rings is 2. The molecule has 2 saturated carbocycles. The second-order valence-electron chi connectivity index (χ2n) is 12.7. The molecule has 2 aliphatic rings. The van der Waals surface area contributed by atoms with Crippen molar-refractivity contribution >= 4 is 40.6 Å². The van der Waals surface area contributed by atoms with E-state index in [2.05, 4.69) is 97.4 Å². The van der Waals surface area contributed by atoms with E-state index in [1.165, 1.54) is 10.4 Å². The second kappa shape index (κ2) is 10.0. The molecular weight excluding hydrogens is 530 g/mol. The Labute approximate surface area is 226 Å². The molecule has 0 radical (unpaired) electrons. The average Bonchev–Trinajstić information content (AvgIpc) is 3.34. The summed E-state index contributed by atoms with van der Waals surface area (Å²) in [7, 11) is -2.68. The molecule has 36 heavy (non-hydrogen) atoms. The van der Waals surface area contributed by atoms with Crippen molar-refractivity contribution in [3.8, 4) is 0 Å². The molecule has 6 heteroatoms. The fraction of sp³-hybridized carbons (Fsp3) is 0.567. The Bertz CT molecular complexity index is 1010. The summed E-state index contributed by atoms with van der Waals surface area (Å²) in [4.78, 5) is 13.5. The molecule has 2 aliphatic carbocycles. The molecule has 0 aliphatic heterocycles. The molecule has 0 saturated heterocycles. The third-order valence-electron chi connectivity index (χ3n) is 8.27. The Morgan fingerprint density at radius 2 is 1.50 bits per heavy atom. The summed E-state index contributed by atoms with van der Waals surface area (Å²) in [6, 6.07) is 21.6. The van der Waals surface area contributed by atoms with Crippen LogP contribution in [-0.2, 0) is 14.0 Å². The molecule has 4 rings (SSSR count). The molecule has 2 aromatic carbocycles. The molecule has 2 fully saturated rings. The van der Waals surface area contributed by atoms with Gasteiger partial charge in [0, 0.05) is 11.4 Å². The monoisotopic (exact) mass is 571 g/mol. The maximum Gasteiger partial charge on any atom is 0.327 e. The van der Waals surface area contributed by atoms with Gasteiger partial charge < -0.3 is 14.9 Å². The molecular formula is C30H42BrNO3Si. The highest BCUT2D eigenvalue weighted by molar-refractivity contribution is 9.09. The summed E-state index contributed by atoms with van der Waals surface area (Å²) in [6.45, 7) is 12.7. The molecule has 0 aromatic heterocycles. The number of hydrogen-bond donors (Lipinski definition) is 1. The van der Waals surface area contributed by atoms with E-state index in [0.717, 1.165) is 24.6 Å². The molecule has 0 spiro atoms. The van der Waals surface area contributed by atoms with Gasteiger partial charge in [-0.2, -0.15) is 0 Å². The van der Waals surface area contributed by atoms with Crippen molar-refractivity contribution in [3.05, 3.63) is 60.7 Å². The van der Waals surface area contributed by atoms with Crippen LogP contribution < -0.4 is 16.1 Å². The minimum Gasteiger partial charge on any atom is -0.459 e. The zero-order valence-corrected chi connectivity index (χ0v) is 25.2. The molecule has 2 aromatic rings. The average molecular weight is 573 g/mol. The number of fused-ring (bicyclic) bond motifs is 2. The van der Waals surface area contributed by atoms with E-state index in [9.17, 15) is 4.79 Å². The Morgan fingerprint density at radius 3 is 1.94 bits per heavy atom. The Kier molecular flexibility index (Phi) is 7.66. The van der Waals surface area contributed by atoms with Gasteiger partial charge in [0.2, 0.25) is 0 Å². The lowest BCUT2D eigenvalue weighted by Crippen LogP contribution is -2.69. The highest BCUT2D eigenvalue weighted by Gasteiger charge is 2.66. The van der Waals surface area contributed by atoms with Gasteiger partial charge in [0.1, 0.15) is 11.1 Å². The molecule has 2 bridgehead atoms. The van der Waals surface area contributed by atoms with E-state index in [1.54, 1.807) is 0 Å². The van der Waals surface area contributed by atoms with Crippen molar-refractivity contribution in [3.63, 3.8) is 0 Å². The van der Waals surface area contributed by atoms with E-state index in [-0.39, 0.29) is 34.9 Å². The summed E-state index contributed by atoms with van der Waals surface area (Å²) >= 11 is 3.64. The number of carbonyl (C=O) groups is 1. The van der Waals surface area contributed by atoms with Crippen LogP contribution in [0.4, 0.5) is 0 Å². The van der Waals surface area contributed by atoms with E-state index >= 15 is 0 Å². The van der Waals surface area contributed by atoms with E-state index in [1.807, 2.05) is 20.8 Å². The predicted octanol–water partition coefficient (Wildman–Crippen LogP) is 5.41. The largest absolute Gasteiger partial charge is 0.459 e. The first-order valence-corrected chi connectivity index (χ1v) is 16.2. The van der Waals surface area contributed by atoms with Crippen LogP contribution >= 0.6 is 15.9 Å². The van der Waals surface area contributed by atoms with Crippen LogP contribution in [0.3, 0.4) is 0 Å². The number of rotatable bonds is 7. The molecule has 5 atom stereocenters. The number of carbonyl (C=O) groups excluding carboxylic acids is 1. The number of hydrogen-bond acceptors (Lipinski definition) is 4. The van der Waals surface area contributed by atoms with Gasteiger partial charge in [-0.15, -0.1) is 0 Å². The highest BCUT2D eigenvalue weighted by Crippen LogP contribution is 2.57. The van der Waals surface area contributed by atoms with Crippen molar-refractivity contribution in [2.45, 2.75) is 83.1 Å². The quantitative estimate of drug-likeness (QED) is 0.274. The van der Waals surface area contributed by atoms with Crippen LogP contribution in [0.5, 0.6) is 0 Å². The first-order chi connectivity index (χ1) is 16.8. The van der Waals surface area contributed by atoms with Crippen molar-refractivity contribution < 1.29 is 14.0 Å². The SMILES string of the molecule is CC(C)(C)OC(=O)C1(N)C2CC(O[Si](c3ccccc3)(c3ccccc3)C(C)(C)C)C(C2)C1CCBr. The molecule has 2 N–H and O–H groups in total. The topological polar surface area (TPSA) is 61.5 Å². The predicted molar refractivity (Wildman–Crippen MR) is 153 cm³/mol. The standard InChI is InChI=1S/C30H42BrNO3Si/c1-28(2,3)34-27(33)30(32)21-19-24(25(30)17-18-31)26(20-21)35-36(29(4,5)6,22-13-9-7-10-14-22)23-15-11-8-12-16-23/h7-16,21,24-26H,17-20,32H2,1-6H3. The second-order valence-corrected chi connectivity index (χ2v) is 17.7. The molecule has 0 heterocycles. The lowest BCUT2D eigenvalue weighted by Gasteiger charge is -2.49. The van der Waals surface area contributed by atoms with Gasteiger partial charge in [-0.3, -0.25) is 4.79 Å². The minimum absolute atomic E-state index is 0.0219. The van der Waals surface area contributed by atoms with Crippen molar-refractivity contribution in [1.29, 1.82) is 0 Å². The van der Waals surface area contributed by atoms with Gasteiger partial charge in [0.15, 0.2) is 0 Å². The van der Waals surface area contributed by atoms with Crippen molar-refractivity contribution in [2.75, 3.05) is 5.33 Å². The van der Waals surface area contributed by atoms with Gasteiger partial charge in [0.05, 0.1) is 0 Å². The van der Waals surface area contributed by atoms with Gasteiger partial charge >= 0.3 is 5.97 Å². The Morgan fingerprint density at radius 1 is 0.972 bits per heavy atom. The van der Waals surface area contributed by atoms with Crippen LogP contribution in [0, 0.1) is 17.8 Å². The van der Waals surface area contributed by atoms with Crippen LogP contribution in [-0.4, -0.2) is 36.9 Å². The van der Waals surface area contributed by atoms with E-state index < -0.39 is 19.5 Å². The molecule has 4 nitrogen and oxygen atoms in total. The van der Waals surface area contributed by atoms with Gasteiger partial charge in [0.25, 0.3) is 8.32 Å². The fourth-order valence-corrected chi connectivity index (χ4v) is 12.0. The maximum atomic E-state index is 13.5. The first-order valence-electron chi connectivity index (χ1n) is 13.2. The van der Waals surface area contributed by atoms with Gasteiger partial charge in [-0.25, -0.2) is 0 Å². The summed E-state index contributed by atoms with van der Waals surface area (Å²) in [5.74, 6) is 0.0578. The van der Waals surface area contributed by atoms with Crippen LogP contribution in [0.1, 0.15) is 60.8 Å². The molecule has 5 unspecified atom stereocenters. The third-order valence-corrected chi connectivity index (χ3v) is 13.8. The zero-order valence-electron chi connectivity index (χ0n) is 22.6. The third kappa shape index (κ3) is 4.75. The van der Waals surface area contributed by atoms with Gasteiger partial charge in [-0.1, -0.05) is 97.4 Å². The number of alkyl halides is 1. The highest BCUT2D eigenvalue weighted by atomic mass is 79.9. The Hall–Kier alpha value is -1.47. The van der Waals surface area contributed by atoms with Crippen LogP contribution in [0.25, 0.3) is 0 Å².